The summed E-state index contributed by atoms with van der Waals surface area (Å²) in [6.45, 7) is 4.59. The fourth-order valence-corrected chi connectivity index (χ4v) is 4.73. The van der Waals surface area contributed by atoms with Crippen molar-refractivity contribution < 1.29 is 19.1 Å². The van der Waals surface area contributed by atoms with Crippen LogP contribution in [0.2, 0.25) is 0 Å². The van der Waals surface area contributed by atoms with Crippen molar-refractivity contribution in [3.05, 3.63) is 52.1 Å². The van der Waals surface area contributed by atoms with Gasteiger partial charge in [0.1, 0.15) is 12.4 Å². The molecular formula is C23H25BrN4O4. The van der Waals surface area contributed by atoms with Crippen LogP contribution in [0.15, 0.2) is 40.9 Å². The number of morpholine rings is 1. The second-order valence-corrected chi connectivity index (χ2v) is 9.41. The maximum Gasteiger partial charge on any atom is 0.320 e. The van der Waals surface area contributed by atoms with Gasteiger partial charge in [-0.15, -0.1) is 0 Å². The molecule has 1 aromatic carbocycles. The number of hydrogen-bond acceptors (Lipinski definition) is 5. The molecule has 0 aliphatic carbocycles. The average molecular weight is 501 g/mol. The molecule has 0 spiro atoms. The number of hydrogen-bond donors (Lipinski definition) is 1. The van der Waals surface area contributed by atoms with Gasteiger partial charge in [0, 0.05) is 37.8 Å². The lowest BCUT2D eigenvalue weighted by Gasteiger charge is -2.46. The lowest BCUT2D eigenvalue weighted by atomic mass is 9.91. The number of nitrogens with zero attached hydrogens (tertiary/aromatic N) is 3. The van der Waals surface area contributed by atoms with Crippen molar-refractivity contribution in [2.45, 2.75) is 31.4 Å². The largest absolute Gasteiger partial charge is 0.438 e. The molecule has 2 atom stereocenters. The zero-order valence-corrected chi connectivity index (χ0v) is 19.4. The number of ether oxygens (including phenoxy) is 2. The van der Waals surface area contributed by atoms with Gasteiger partial charge in [0.05, 0.1) is 16.6 Å². The summed E-state index contributed by atoms with van der Waals surface area (Å²) < 4.78 is 12.3. The van der Waals surface area contributed by atoms with Crippen molar-refractivity contribution in [1.82, 2.24) is 20.1 Å². The third kappa shape index (κ3) is 4.31. The van der Waals surface area contributed by atoms with Crippen molar-refractivity contribution in [2.75, 3.05) is 32.8 Å². The summed E-state index contributed by atoms with van der Waals surface area (Å²) in [6, 6.07) is 11.7. The SMILES string of the molecule is Cc1ccc(Br)c(Oc2ccc(C3CN(C(=O)N4CC[C@@H]5OCC(=O)N[C@@H]5C4)C3)cc2)n1. The molecule has 32 heavy (non-hydrogen) atoms. The Morgan fingerprint density at radius 2 is 1.94 bits per heavy atom. The number of benzene rings is 1. The van der Waals surface area contributed by atoms with Gasteiger partial charge in [-0.2, -0.15) is 0 Å². The van der Waals surface area contributed by atoms with Gasteiger partial charge < -0.3 is 24.6 Å². The molecule has 0 radical (unpaired) electrons. The molecule has 3 fully saturated rings. The van der Waals surface area contributed by atoms with E-state index in [2.05, 4.69) is 26.2 Å². The highest BCUT2D eigenvalue weighted by Crippen LogP contribution is 2.32. The van der Waals surface area contributed by atoms with E-state index in [1.54, 1.807) is 0 Å². The third-order valence-electron chi connectivity index (χ3n) is 6.27. The summed E-state index contributed by atoms with van der Waals surface area (Å²) in [4.78, 5) is 32.6. The molecule has 168 valence electrons. The summed E-state index contributed by atoms with van der Waals surface area (Å²) in [5, 5.41) is 2.95. The standard InChI is InChI=1S/C23H25BrN4O4/c1-14-2-7-18(24)22(25-14)32-17-5-3-15(4-6-17)16-10-28(11-16)23(30)27-9-8-20-19(12-27)26-21(29)13-31-20/h2-7,16,19-20H,8-13H2,1H3,(H,26,29)/t19-,20+/m1/s1. The van der Waals surface area contributed by atoms with E-state index < -0.39 is 0 Å². The van der Waals surface area contributed by atoms with E-state index in [-0.39, 0.29) is 30.7 Å². The maximum absolute atomic E-state index is 12.9. The Labute approximate surface area is 195 Å². The lowest BCUT2D eigenvalue weighted by molar-refractivity contribution is -0.139. The van der Waals surface area contributed by atoms with Gasteiger partial charge in [0.25, 0.3) is 0 Å². The van der Waals surface area contributed by atoms with Crippen molar-refractivity contribution >= 4 is 27.9 Å². The van der Waals surface area contributed by atoms with E-state index in [4.69, 9.17) is 9.47 Å². The normalized spacial score (nSPS) is 23.2. The zero-order valence-electron chi connectivity index (χ0n) is 17.8. The Morgan fingerprint density at radius 3 is 2.72 bits per heavy atom. The number of aryl methyl sites for hydroxylation is 1. The number of halogens is 1. The molecule has 3 saturated heterocycles. The molecule has 9 heteroatoms. The number of fused-ring (bicyclic) bond motifs is 1. The van der Waals surface area contributed by atoms with Crippen molar-refractivity contribution in [3.8, 4) is 11.6 Å². The first-order chi connectivity index (χ1) is 15.5. The number of urea groups is 1. The van der Waals surface area contributed by atoms with Crippen LogP contribution in [0.1, 0.15) is 23.6 Å². The molecule has 3 aliphatic rings. The van der Waals surface area contributed by atoms with Crippen molar-refractivity contribution in [1.29, 1.82) is 0 Å². The number of piperidine rings is 1. The van der Waals surface area contributed by atoms with Crippen LogP contribution in [0.25, 0.3) is 0 Å². The average Bonchev–Trinajstić information content (AvgIpc) is 2.76. The number of rotatable bonds is 3. The van der Waals surface area contributed by atoms with Crippen molar-refractivity contribution in [2.24, 2.45) is 0 Å². The summed E-state index contributed by atoms with van der Waals surface area (Å²) >= 11 is 3.46. The summed E-state index contributed by atoms with van der Waals surface area (Å²) in [5.74, 6) is 1.47. The molecule has 5 rings (SSSR count). The van der Waals surface area contributed by atoms with E-state index in [0.29, 0.717) is 38.0 Å². The molecule has 8 nitrogen and oxygen atoms in total. The predicted molar refractivity (Wildman–Crippen MR) is 121 cm³/mol. The van der Waals surface area contributed by atoms with E-state index in [1.165, 1.54) is 5.56 Å². The van der Waals surface area contributed by atoms with Gasteiger partial charge in [0.2, 0.25) is 11.8 Å². The van der Waals surface area contributed by atoms with Crippen LogP contribution in [-0.2, 0) is 9.53 Å². The minimum atomic E-state index is -0.110. The van der Waals surface area contributed by atoms with Crippen LogP contribution < -0.4 is 10.1 Å². The topological polar surface area (TPSA) is 84.0 Å². The van der Waals surface area contributed by atoms with Gasteiger partial charge >= 0.3 is 6.03 Å². The highest BCUT2D eigenvalue weighted by Gasteiger charge is 2.40. The first kappa shape index (κ1) is 21.2. The first-order valence-corrected chi connectivity index (χ1v) is 11.6. The summed E-state index contributed by atoms with van der Waals surface area (Å²) in [7, 11) is 0. The highest BCUT2D eigenvalue weighted by molar-refractivity contribution is 9.10. The van der Waals surface area contributed by atoms with Crippen LogP contribution in [0.5, 0.6) is 11.6 Å². The molecule has 0 bridgehead atoms. The van der Waals surface area contributed by atoms with Gasteiger partial charge in [0.15, 0.2) is 0 Å². The first-order valence-electron chi connectivity index (χ1n) is 10.8. The number of carbonyl (C=O) groups is 2. The molecule has 3 aliphatic heterocycles. The highest BCUT2D eigenvalue weighted by atomic mass is 79.9. The molecule has 0 unspecified atom stereocenters. The lowest BCUT2D eigenvalue weighted by Crippen LogP contribution is -2.63. The molecule has 0 saturated carbocycles. The summed E-state index contributed by atoms with van der Waals surface area (Å²) in [6.07, 6.45) is 0.763. The molecule has 1 aromatic heterocycles. The molecule has 3 amide bonds. The third-order valence-corrected chi connectivity index (χ3v) is 6.87. The molecular weight excluding hydrogens is 476 g/mol. The smallest absolute Gasteiger partial charge is 0.320 e. The number of amides is 3. The van der Waals surface area contributed by atoms with Crippen molar-refractivity contribution in [3.63, 3.8) is 0 Å². The second-order valence-electron chi connectivity index (χ2n) is 8.55. The minimum Gasteiger partial charge on any atom is -0.438 e. The van der Waals surface area contributed by atoms with Gasteiger partial charge in [-0.3, -0.25) is 4.79 Å². The Morgan fingerprint density at radius 1 is 1.16 bits per heavy atom. The molecule has 1 N–H and O–H groups in total. The predicted octanol–water partition coefficient (Wildman–Crippen LogP) is 3.05. The molecule has 4 heterocycles. The summed E-state index contributed by atoms with van der Waals surface area (Å²) in [5.41, 5.74) is 2.07. The Balaban J connectivity index is 1.14. The van der Waals surface area contributed by atoms with E-state index in [1.807, 2.05) is 53.1 Å². The maximum atomic E-state index is 12.9. The number of nitrogens with one attached hydrogen (secondary N) is 1. The zero-order chi connectivity index (χ0) is 22.2. The number of pyridine rings is 1. The van der Waals surface area contributed by atoms with Gasteiger partial charge in [-0.1, -0.05) is 12.1 Å². The van der Waals surface area contributed by atoms with Crippen LogP contribution in [-0.4, -0.2) is 71.7 Å². The van der Waals surface area contributed by atoms with Crippen LogP contribution in [0, 0.1) is 6.92 Å². The van der Waals surface area contributed by atoms with E-state index in [0.717, 1.165) is 22.3 Å². The second kappa shape index (κ2) is 8.71. The van der Waals surface area contributed by atoms with E-state index in [9.17, 15) is 9.59 Å². The van der Waals surface area contributed by atoms with Crippen LogP contribution >= 0.6 is 15.9 Å². The minimum absolute atomic E-state index is 0.0113. The van der Waals surface area contributed by atoms with Crippen LogP contribution in [0.4, 0.5) is 4.79 Å². The van der Waals surface area contributed by atoms with Crippen LogP contribution in [0.3, 0.4) is 0 Å². The Kier molecular flexibility index (Phi) is 5.77. The number of likely N-dealkylation sites (tertiary alicyclic amines) is 2. The molecule has 2 aromatic rings. The Bertz CT molecular complexity index is 1030. The van der Waals surface area contributed by atoms with E-state index >= 15 is 0 Å². The Hall–Kier alpha value is -2.65. The number of carbonyl (C=O) groups excluding carboxylic acids is 2. The number of aromatic nitrogens is 1. The monoisotopic (exact) mass is 500 g/mol. The van der Waals surface area contributed by atoms with Gasteiger partial charge in [-0.05, 0) is 59.1 Å². The fourth-order valence-electron chi connectivity index (χ4n) is 4.43. The fraction of sp³-hybridized carbons (Fsp3) is 0.435. The van der Waals surface area contributed by atoms with Gasteiger partial charge in [-0.25, -0.2) is 9.78 Å². The quantitative estimate of drug-likeness (QED) is 0.699.